The van der Waals surface area contributed by atoms with Crippen LogP contribution in [-0.2, 0) is 15.4 Å². The third-order valence-corrected chi connectivity index (χ3v) is 6.54. The number of halogens is 1. The summed E-state index contributed by atoms with van der Waals surface area (Å²) in [5.41, 5.74) is 1.03. The lowest BCUT2D eigenvalue weighted by atomic mass is 9.81. The van der Waals surface area contributed by atoms with E-state index in [-0.39, 0.29) is 10.3 Å². The van der Waals surface area contributed by atoms with Crippen LogP contribution in [0.5, 0.6) is 0 Å². The van der Waals surface area contributed by atoms with E-state index in [4.69, 9.17) is 0 Å². The molecule has 1 aromatic heterocycles. The minimum atomic E-state index is -3.83. The van der Waals surface area contributed by atoms with Crippen LogP contribution in [0, 0.1) is 5.82 Å². The molecule has 1 fully saturated rings. The predicted molar refractivity (Wildman–Crippen MR) is 86.1 cm³/mol. The Labute approximate surface area is 134 Å². The molecule has 22 heavy (non-hydrogen) atoms. The maximum absolute atomic E-state index is 13.7. The molecule has 0 radical (unpaired) electrons. The fraction of sp³-hybridized carbons (Fsp3) is 0.375. The molecule has 1 heterocycles. The van der Waals surface area contributed by atoms with Gasteiger partial charge in [-0.3, -0.25) is 0 Å². The van der Waals surface area contributed by atoms with E-state index in [1.165, 1.54) is 29.8 Å². The molecule has 6 heteroatoms. The Bertz CT molecular complexity index is 735. The van der Waals surface area contributed by atoms with E-state index in [0.29, 0.717) is 6.54 Å². The molecule has 0 bridgehead atoms. The lowest BCUT2D eigenvalue weighted by molar-refractivity contribution is 0.432. The number of hydrogen-bond acceptors (Lipinski definition) is 3. The van der Waals surface area contributed by atoms with Gasteiger partial charge in [0.15, 0.2) is 0 Å². The van der Waals surface area contributed by atoms with Crippen molar-refractivity contribution >= 4 is 21.4 Å². The van der Waals surface area contributed by atoms with Crippen molar-refractivity contribution < 1.29 is 12.8 Å². The number of sulfonamides is 1. The summed E-state index contributed by atoms with van der Waals surface area (Å²) in [6.45, 7) is 0.320. The maximum atomic E-state index is 13.7. The van der Waals surface area contributed by atoms with Gasteiger partial charge >= 0.3 is 0 Å². The van der Waals surface area contributed by atoms with Crippen LogP contribution in [0.2, 0.25) is 0 Å². The van der Waals surface area contributed by atoms with Gasteiger partial charge in [0.1, 0.15) is 10.7 Å². The first-order valence-electron chi connectivity index (χ1n) is 7.30. The second-order valence-corrected chi connectivity index (χ2v) is 8.27. The van der Waals surface area contributed by atoms with E-state index >= 15 is 0 Å². The second-order valence-electron chi connectivity index (χ2n) is 5.75. The van der Waals surface area contributed by atoms with Gasteiger partial charge < -0.3 is 0 Å². The number of rotatable bonds is 5. The van der Waals surface area contributed by atoms with Crippen LogP contribution >= 0.6 is 11.3 Å². The number of hydrogen-bond donors (Lipinski definition) is 1. The minimum absolute atomic E-state index is 0.154. The smallest absolute Gasteiger partial charge is 0.210 e. The molecule has 1 aliphatic rings. The highest BCUT2D eigenvalue weighted by Gasteiger charge is 2.37. The van der Waals surface area contributed by atoms with Gasteiger partial charge in [0.05, 0.1) is 0 Å². The molecule has 0 atom stereocenters. The predicted octanol–water partition coefficient (Wildman–Crippen LogP) is 3.68. The molecule has 3 rings (SSSR count). The zero-order chi connectivity index (χ0) is 15.6. The van der Waals surface area contributed by atoms with Gasteiger partial charge in [0.2, 0.25) is 10.0 Å². The fourth-order valence-corrected chi connectivity index (χ4v) is 5.14. The molecule has 1 N–H and O–H groups in total. The van der Waals surface area contributed by atoms with Crippen molar-refractivity contribution in [3.63, 3.8) is 0 Å². The van der Waals surface area contributed by atoms with Gasteiger partial charge in [0, 0.05) is 12.0 Å². The Hall–Kier alpha value is -1.24. The number of benzene rings is 1. The zero-order valence-corrected chi connectivity index (χ0v) is 13.7. The van der Waals surface area contributed by atoms with Gasteiger partial charge in [-0.25, -0.2) is 17.5 Å². The van der Waals surface area contributed by atoms with Crippen LogP contribution in [0.15, 0.2) is 46.0 Å². The third kappa shape index (κ3) is 2.95. The van der Waals surface area contributed by atoms with Gasteiger partial charge in [-0.1, -0.05) is 25.0 Å². The third-order valence-electron chi connectivity index (χ3n) is 4.42. The summed E-state index contributed by atoms with van der Waals surface area (Å²) in [6, 6.07) is 7.54. The summed E-state index contributed by atoms with van der Waals surface area (Å²) in [5, 5.41) is 4.10. The Morgan fingerprint density at radius 1 is 1.18 bits per heavy atom. The van der Waals surface area contributed by atoms with Crippen LogP contribution in [0.4, 0.5) is 4.39 Å². The Morgan fingerprint density at radius 2 is 1.91 bits per heavy atom. The Kier molecular flexibility index (Phi) is 4.34. The molecule has 118 valence electrons. The first kappa shape index (κ1) is 15.6. The molecular weight excluding hydrogens is 321 g/mol. The average Bonchev–Trinajstić information content (AvgIpc) is 3.18. The molecule has 2 aromatic rings. The van der Waals surface area contributed by atoms with Crippen molar-refractivity contribution in [2.24, 2.45) is 0 Å². The average molecular weight is 339 g/mol. The molecule has 1 aliphatic carbocycles. The minimum Gasteiger partial charge on any atom is -0.210 e. The van der Waals surface area contributed by atoms with Gasteiger partial charge in [0.25, 0.3) is 0 Å². The van der Waals surface area contributed by atoms with Crippen LogP contribution in [0.1, 0.15) is 31.2 Å². The molecular formula is C16H18FNO2S2. The summed E-state index contributed by atoms with van der Waals surface area (Å²) in [4.78, 5) is -0.284. The SMILES string of the molecule is O=S(=O)(NCC1(c2ccsc2)CCCC1)c1ccccc1F. The molecule has 3 nitrogen and oxygen atoms in total. The second kappa shape index (κ2) is 6.10. The van der Waals surface area contributed by atoms with E-state index in [1.807, 2.05) is 5.38 Å². The summed E-state index contributed by atoms with van der Waals surface area (Å²) in [5.74, 6) is -0.717. The normalized spacial score (nSPS) is 17.7. The lowest BCUT2D eigenvalue weighted by Gasteiger charge is -2.28. The van der Waals surface area contributed by atoms with E-state index in [2.05, 4.69) is 16.2 Å². The molecule has 1 saturated carbocycles. The summed E-state index contributed by atoms with van der Waals surface area (Å²) in [6.07, 6.45) is 4.11. The van der Waals surface area contributed by atoms with E-state index in [0.717, 1.165) is 25.7 Å². The Morgan fingerprint density at radius 3 is 2.55 bits per heavy atom. The first-order valence-corrected chi connectivity index (χ1v) is 9.73. The van der Waals surface area contributed by atoms with Crippen molar-refractivity contribution in [2.75, 3.05) is 6.54 Å². The van der Waals surface area contributed by atoms with Gasteiger partial charge in [-0.05, 0) is 47.4 Å². The lowest BCUT2D eigenvalue weighted by Crippen LogP contribution is -2.39. The number of thiophene rings is 1. The van der Waals surface area contributed by atoms with Crippen LogP contribution < -0.4 is 4.72 Å². The van der Waals surface area contributed by atoms with Gasteiger partial charge in [-0.15, -0.1) is 0 Å². The highest BCUT2D eigenvalue weighted by molar-refractivity contribution is 7.89. The first-order chi connectivity index (χ1) is 10.5. The molecule has 0 saturated heterocycles. The quantitative estimate of drug-likeness (QED) is 0.903. The molecule has 0 unspecified atom stereocenters. The summed E-state index contributed by atoms with van der Waals surface area (Å²) >= 11 is 1.62. The molecule has 0 aliphatic heterocycles. The van der Waals surface area contributed by atoms with Crippen LogP contribution in [-0.4, -0.2) is 15.0 Å². The fourth-order valence-electron chi connectivity index (χ4n) is 3.16. The maximum Gasteiger partial charge on any atom is 0.243 e. The Balaban J connectivity index is 1.83. The van der Waals surface area contributed by atoms with Crippen molar-refractivity contribution in [1.82, 2.24) is 4.72 Å². The van der Waals surface area contributed by atoms with E-state index < -0.39 is 15.8 Å². The van der Waals surface area contributed by atoms with Crippen molar-refractivity contribution in [3.8, 4) is 0 Å². The largest absolute Gasteiger partial charge is 0.243 e. The molecule has 0 spiro atoms. The van der Waals surface area contributed by atoms with Crippen molar-refractivity contribution in [1.29, 1.82) is 0 Å². The zero-order valence-electron chi connectivity index (χ0n) is 12.1. The topological polar surface area (TPSA) is 46.2 Å². The molecule has 0 amide bonds. The standard InChI is InChI=1S/C16H18FNO2S2/c17-14-5-1-2-6-15(14)22(19,20)18-12-16(8-3-4-9-16)13-7-10-21-11-13/h1-2,5-7,10-11,18H,3-4,8-9,12H2. The molecule has 1 aromatic carbocycles. The summed E-state index contributed by atoms with van der Waals surface area (Å²) < 4.78 is 41.1. The van der Waals surface area contributed by atoms with E-state index in [9.17, 15) is 12.8 Å². The summed E-state index contributed by atoms with van der Waals surface area (Å²) in [7, 11) is -3.83. The van der Waals surface area contributed by atoms with Crippen molar-refractivity contribution in [2.45, 2.75) is 36.0 Å². The monoisotopic (exact) mass is 339 g/mol. The van der Waals surface area contributed by atoms with Crippen LogP contribution in [0.3, 0.4) is 0 Å². The number of nitrogens with one attached hydrogen (secondary N) is 1. The van der Waals surface area contributed by atoms with Crippen LogP contribution in [0.25, 0.3) is 0 Å². The van der Waals surface area contributed by atoms with E-state index in [1.54, 1.807) is 11.3 Å². The highest BCUT2D eigenvalue weighted by atomic mass is 32.2. The van der Waals surface area contributed by atoms with Crippen molar-refractivity contribution in [3.05, 3.63) is 52.5 Å². The highest BCUT2D eigenvalue weighted by Crippen LogP contribution is 2.41. The van der Waals surface area contributed by atoms with Gasteiger partial charge in [-0.2, -0.15) is 11.3 Å².